The predicted molar refractivity (Wildman–Crippen MR) is 72.4 cm³/mol. The summed E-state index contributed by atoms with van der Waals surface area (Å²) in [7, 11) is 0. The smallest absolute Gasteiger partial charge is 0.251 e. The molecule has 6 nitrogen and oxygen atoms in total. The quantitative estimate of drug-likeness (QED) is 0.753. The van der Waals surface area contributed by atoms with Gasteiger partial charge in [-0.25, -0.2) is 9.97 Å². The van der Waals surface area contributed by atoms with E-state index in [1.165, 1.54) is 0 Å². The summed E-state index contributed by atoms with van der Waals surface area (Å²) in [6, 6.07) is 3.36. The molecule has 2 heterocycles. The lowest BCUT2D eigenvalue weighted by Gasteiger charge is -2.07. The standard InChI is InChI=1S/C13H17N5O/c1-2-3-10-4-9(5-12(14)18-10)13(19)16-7-11-6-15-8-17-11/h4-6,8H,2-3,7H2,1H3,(H2,14,18)(H,15,17)(H,16,19). The minimum Gasteiger partial charge on any atom is -0.384 e. The van der Waals surface area contributed by atoms with E-state index in [9.17, 15) is 4.79 Å². The van der Waals surface area contributed by atoms with Gasteiger partial charge in [-0.1, -0.05) is 13.3 Å². The summed E-state index contributed by atoms with van der Waals surface area (Å²) in [5, 5.41) is 2.80. The van der Waals surface area contributed by atoms with Crippen LogP contribution in [0.1, 0.15) is 35.1 Å². The maximum absolute atomic E-state index is 12.0. The molecule has 6 heteroatoms. The number of carbonyl (C=O) groups excluding carboxylic acids is 1. The number of pyridine rings is 1. The van der Waals surface area contributed by atoms with Crippen molar-refractivity contribution in [3.05, 3.63) is 41.6 Å². The summed E-state index contributed by atoms with van der Waals surface area (Å²) in [6.07, 6.45) is 5.02. The number of amides is 1. The van der Waals surface area contributed by atoms with Gasteiger partial charge in [0.1, 0.15) is 5.82 Å². The highest BCUT2D eigenvalue weighted by Crippen LogP contribution is 2.09. The molecule has 0 atom stereocenters. The Balaban J connectivity index is 2.05. The van der Waals surface area contributed by atoms with Crippen LogP contribution in [-0.4, -0.2) is 20.9 Å². The Morgan fingerprint density at radius 1 is 1.47 bits per heavy atom. The van der Waals surface area contributed by atoms with E-state index in [1.807, 2.05) is 0 Å². The van der Waals surface area contributed by atoms with Gasteiger partial charge in [-0.15, -0.1) is 0 Å². The normalized spacial score (nSPS) is 10.4. The third kappa shape index (κ3) is 3.54. The first-order valence-electron chi connectivity index (χ1n) is 6.21. The predicted octanol–water partition coefficient (Wildman–Crippen LogP) is 1.27. The van der Waals surface area contributed by atoms with E-state index in [4.69, 9.17) is 5.73 Å². The molecule has 4 N–H and O–H groups in total. The maximum atomic E-state index is 12.0. The molecular formula is C13H17N5O. The van der Waals surface area contributed by atoms with Crippen LogP contribution < -0.4 is 11.1 Å². The molecule has 0 bridgehead atoms. The van der Waals surface area contributed by atoms with Crippen LogP contribution in [-0.2, 0) is 13.0 Å². The largest absolute Gasteiger partial charge is 0.384 e. The van der Waals surface area contributed by atoms with Crippen molar-refractivity contribution in [2.45, 2.75) is 26.3 Å². The molecule has 0 aliphatic rings. The number of hydrogen-bond acceptors (Lipinski definition) is 4. The highest BCUT2D eigenvalue weighted by atomic mass is 16.1. The highest BCUT2D eigenvalue weighted by Gasteiger charge is 2.08. The summed E-state index contributed by atoms with van der Waals surface area (Å²) >= 11 is 0. The van der Waals surface area contributed by atoms with Crippen LogP contribution in [0, 0.1) is 0 Å². The number of nitrogens with zero attached hydrogens (tertiary/aromatic N) is 2. The number of aromatic amines is 1. The molecule has 19 heavy (non-hydrogen) atoms. The molecule has 0 aromatic carbocycles. The Labute approximate surface area is 111 Å². The van der Waals surface area contributed by atoms with Gasteiger partial charge in [-0.05, 0) is 18.6 Å². The highest BCUT2D eigenvalue weighted by molar-refractivity contribution is 5.94. The number of hydrogen-bond donors (Lipinski definition) is 3. The molecule has 0 fully saturated rings. The number of nitrogens with one attached hydrogen (secondary N) is 2. The van der Waals surface area contributed by atoms with Gasteiger partial charge in [0.05, 0.1) is 18.6 Å². The number of carbonyl (C=O) groups is 1. The van der Waals surface area contributed by atoms with Crippen LogP contribution in [0.15, 0.2) is 24.7 Å². The fourth-order valence-electron chi connectivity index (χ4n) is 1.79. The molecule has 0 aliphatic carbocycles. The summed E-state index contributed by atoms with van der Waals surface area (Å²) in [5.41, 5.74) is 7.94. The fraction of sp³-hybridized carbons (Fsp3) is 0.308. The van der Waals surface area contributed by atoms with Crippen molar-refractivity contribution in [3.8, 4) is 0 Å². The van der Waals surface area contributed by atoms with Crippen molar-refractivity contribution in [3.63, 3.8) is 0 Å². The molecule has 2 aromatic rings. The number of aryl methyl sites for hydroxylation is 1. The molecule has 0 saturated carbocycles. The van der Waals surface area contributed by atoms with Crippen LogP contribution in [0.2, 0.25) is 0 Å². The van der Waals surface area contributed by atoms with Gasteiger partial charge in [-0.3, -0.25) is 4.79 Å². The van der Waals surface area contributed by atoms with E-state index in [0.29, 0.717) is 17.9 Å². The number of aromatic nitrogens is 3. The summed E-state index contributed by atoms with van der Waals surface area (Å²) < 4.78 is 0. The molecule has 0 aliphatic heterocycles. The van der Waals surface area contributed by atoms with Crippen LogP contribution in [0.25, 0.3) is 0 Å². The molecule has 100 valence electrons. The number of H-pyrrole nitrogens is 1. The van der Waals surface area contributed by atoms with Gasteiger partial charge in [0, 0.05) is 17.5 Å². The summed E-state index contributed by atoms with van der Waals surface area (Å²) in [4.78, 5) is 23.0. The third-order valence-corrected chi connectivity index (χ3v) is 2.66. The van der Waals surface area contributed by atoms with Gasteiger partial charge in [0.25, 0.3) is 5.91 Å². The van der Waals surface area contributed by atoms with E-state index in [1.54, 1.807) is 24.7 Å². The summed E-state index contributed by atoms with van der Waals surface area (Å²) in [6.45, 7) is 2.47. The fourth-order valence-corrected chi connectivity index (χ4v) is 1.79. The first kappa shape index (κ1) is 13.1. The average Bonchev–Trinajstić information content (AvgIpc) is 2.88. The molecule has 2 rings (SSSR count). The molecular weight excluding hydrogens is 242 g/mol. The van der Waals surface area contributed by atoms with Crippen molar-refractivity contribution < 1.29 is 4.79 Å². The van der Waals surface area contributed by atoms with Crippen LogP contribution >= 0.6 is 0 Å². The second-order valence-electron chi connectivity index (χ2n) is 4.28. The van der Waals surface area contributed by atoms with Crippen molar-refractivity contribution in [1.29, 1.82) is 0 Å². The molecule has 0 spiro atoms. The minimum atomic E-state index is -0.166. The number of anilines is 1. The Hall–Kier alpha value is -2.37. The van der Waals surface area contributed by atoms with Crippen LogP contribution in [0.3, 0.4) is 0 Å². The minimum absolute atomic E-state index is 0.166. The lowest BCUT2D eigenvalue weighted by atomic mass is 10.1. The molecule has 0 saturated heterocycles. The molecule has 0 unspecified atom stereocenters. The van der Waals surface area contributed by atoms with E-state index in [2.05, 4.69) is 27.2 Å². The lowest BCUT2D eigenvalue weighted by Crippen LogP contribution is -2.23. The number of imidazole rings is 1. The first-order chi connectivity index (χ1) is 9.19. The van der Waals surface area contributed by atoms with Crippen molar-refractivity contribution in [1.82, 2.24) is 20.3 Å². The first-order valence-corrected chi connectivity index (χ1v) is 6.21. The molecule has 2 aromatic heterocycles. The topological polar surface area (TPSA) is 96.7 Å². The monoisotopic (exact) mass is 259 g/mol. The average molecular weight is 259 g/mol. The zero-order valence-corrected chi connectivity index (χ0v) is 10.8. The number of nitrogens with two attached hydrogens (primary N) is 1. The second-order valence-corrected chi connectivity index (χ2v) is 4.28. The molecule has 0 radical (unpaired) electrons. The van der Waals surface area contributed by atoms with E-state index < -0.39 is 0 Å². The van der Waals surface area contributed by atoms with E-state index in [0.717, 1.165) is 24.2 Å². The zero-order valence-electron chi connectivity index (χ0n) is 10.8. The SMILES string of the molecule is CCCc1cc(C(=O)NCc2cnc[nH]2)cc(N)n1. The van der Waals surface area contributed by atoms with Gasteiger partial charge in [0.2, 0.25) is 0 Å². The van der Waals surface area contributed by atoms with Gasteiger partial charge in [-0.2, -0.15) is 0 Å². The van der Waals surface area contributed by atoms with Gasteiger partial charge < -0.3 is 16.0 Å². The number of rotatable bonds is 5. The Bertz CT molecular complexity index is 550. The zero-order chi connectivity index (χ0) is 13.7. The van der Waals surface area contributed by atoms with Crippen molar-refractivity contribution in [2.75, 3.05) is 5.73 Å². The van der Waals surface area contributed by atoms with Crippen molar-refractivity contribution in [2.24, 2.45) is 0 Å². The number of nitrogen functional groups attached to an aromatic ring is 1. The lowest BCUT2D eigenvalue weighted by molar-refractivity contribution is 0.0950. The Morgan fingerprint density at radius 3 is 3.00 bits per heavy atom. The van der Waals surface area contributed by atoms with Crippen molar-refractivity contribution >= 4 is 11.7 Å². The third-order valence-electron chi connectivity index (χ3n) is 2.66. The van der Waals surface area contributed by atoms with Crippen LogP contribution in [0.4, 0.5) is 5.82 Å². The molecule has 1 amide bonds. The van der Waals surface area contributed by atoms with Gasteiger partial charge >= 0.3 is 0 Å². The van der Waals surface area contributed by atoms with E-state index in [-0.39, 0.29) is 5.91 Å². The maximum Gasteiger partial charge on any atom is 0.251 e. The van der Waals surface area contributed by atoms with E-state index >= 15 is 0 Å². The van der Waals surface area contributed by atoms with Crippen LogP contribution in [0.5, 0.6) is 0 Å². The Kier molecular flexibility index (Phi) is 4.12. The summed E-state index contributed by atoms with van der Waals surface area (Å²) in [5.74, 6) is 0.207. The Morgan fingerprint density at radius 2 is 2.32 bits per heavy atom. The second kappa shape index (κ2) is 5.99. The van der Waals surface area contributed by atoms with Gasteiger partial charge in [0.15, 0.2) is 0 Å².